The maximum Gasteiger partial charge on any atom is 0.258 e. The molecular formula is C27H23N3OS. The van der Waals surface area contributed by atoms with Crippen LogP contribution in [0.25, 0.3) is 32.4 Å². The standard InChI is InChI=1S/C27H23N3OS/c1-16(2)18-11-13-19(14-12-18)23-15-21(20-8-4-5-9-22(20)28-23)26(31)30-27-29-25-17(3)7-6-10-24(25)32-27/h4-16H,1-3H3,(H,29,30,31). The number of aryl methyl sites for hydroxylation is 1. The lowest BCUT2D eigenvalue weighted by Gasteiger charge is -2.11. The first kappa shape index (κ1) is 20.3. The number of rotatable bonds is 4. The molecule has 2 heterocycles. The fraction of sp³-hybridized carbons (Fsp3) is 0.148. The summed E-state index contributed by atoms with van der Waals surface area (Å²) in [6.07, 6.45) is 0. The van der Waals surface area contributed by atoms with E-state index in [1.165, 1.54) is 16.9 Å². The van der Waals surface area contributed by atoms with Gasteiger partial charge in [0.25, 0.3) is 5.91 Å². The average Bonchev–Trinajstić information content (AvgIpc) is 3.22. The van der Waals surface area contributed by atoms with Crippen LogP contribution in [0.15, 0.2) is 72.8 Å². The van der Waals surface area contributed by atoms with E-state index < -0.39 is 0 Å². The highest BCUT2D eigenvalue weighted by Gasteiger charge is 2.16. The fourth-order valence-electron chi connectivity index (χ4n) is 3.85. The number of amides is 1. The minimum atomic E-state index is -0.180. The molecular weight excluding hydrogens is 414 g/mol. The molecule has 0 aliphatic carbocycles. The van der Waals surface area contributed by atoms with Crippen molar-refractivity contribution in [3.8, 4) is 11.3 Å². The summed E-state index contributed by atoms with van der Waals surface area (Å²) in [5.74, 6) is 0.285. The van der Waals surface area contributed by atoms with E-state index in [9.17, 15) is 4.79 Å². The van der Waals surface area contributed by atoms with Crippen LogP contribution in [0.1, 0.15) is 41.3 Å². The van der Waals surface area contributed by atoms with E-state index in [1.54, 1.807) is 0 Å². The van der Waals surface area contributed by atoms with Crippen LogP contribution in [0.2, 0.25) is 0 Å². The zero-order valence-corrected chi connectivity index (χ0v) is 19.0. The highest BCUT2D eigenvalue weighted by molar-refractivity contribution is 7.22. The largest absolute Gasteiger partial charge is 0.298 e. The number of pyridine rings is 1. The van der Waals surface area contributed by atoms with Crippen molar-refractivity contribution in [2.45, 2.75) is 26.7 Å². The molecule has 0 saturated heterocycles. The Balaban J connectivity index is 1.55. The minimum Gasteiger partial charge on any atom is -0.298 e. The first-order chi connectivity index (χ1) is 15.5. The molecule has 5 heteroatoms. The van der Waals surface area contributed by atoms with Crippen molar-refractivity contribution >= 4 is 43.5 Å². The van der Waals surface area contributed by atoms with Crippen LogP contribution in [-0.4, -0.2) is 15.9 Å². The molecule has 0 aliphatic rings. The number of anilines is 1. The third kappa shape index (κ3) is 3.76. The van der Waals surface area contributed by atoms with Crippen LogP contribution < -0.4 is 5.32 Å². The molecule has 2 aromatic heterocycles. The van der Waals surface area contributed by atoms with E-state index in [0.29, 0.717) is 16.6 Å². The van der Waals surface area contributed by atoms with Gasteiger partial charge in [0.1, 0.15) is 0 Å². The average molecular weight is 438 g/mol. The zero-order chi connectivity index (χ0) is 22.2. The fourth-order valence-corrected chi connectivity index (χ4v) is 4.79. The van der Waals surface area contributed by atoms with Crippen molar-refractivity contribution in [3.63, 3.8) is 0 Å². The molecule has 0 radical (unpaired) electrons. The summed E-state index contributed by atoms with van der Waals surface area (Å²) in [7, 11) is 0. The Morgan fingerprint density at radius 1 is 0.938 bits per heavy atom. The summed E-state index contributed by atoms with van der Waals surface area (Å²) in [6.45, 7) is 6.38. The van der Waals surface area contributed by atoms with Gasteiger partial charge in [-0.05, 0) is 42.2 Å². The molecule has 32 heavy (non-hydrogen) atoms. The van der Waals surface area contributed by atoms with Gasteiger partial charge >= 0.3 is 0 Å². The predicted octanol–water partition coefficient (Wildman–Crippen LogP) is 7.20. The maximum atomic E-state index is 13.3. The number of thiazole rings is 1. The third-order valence-electron chi connectivity index (χ3n) is 5.68. The number of benzene rings is 3. The lowest BCUT2D eigenvalue weighted by molar-refractivity contribution is 0.102. The summed E-state index contributed by atoms with van der Waals surface area (Å²) in [5.41, 5.74) is 6.46. The summed E-state index contributed by atoms with van der Waals surface area (Å²) in [4.78, 5) is 22.8. The first-order valence-electron chi connectivity index (χ1n) is 10.7. The third-order valence-corrected chi connectivity index (χ3v) is 6.61. The van der Waals surface area contributed by atoms with Crippen molar-refractivity contribution in [1.82, 2.24) is 9.97 Å². The second kappa shape index (κ2) is 8.17. The number of carbonyl (C=O) groups is 1. The van der Waals surface area contributed by atoms with Gasteiger partial charge in [0.05, 0.1) is 27.0 Å². The van der Waals surface area contributed by atoms with Gasteiger partial charge in [-0.1, -0.05) is 79.8 Å². The SMILES string of the molecule is Cc1cccc2sc(NC(=O)c3cc(-c4ccc(C(C)C)cc4)nc4ccccc34)nc12. The highest BCUT2D eigenvalue weighted by atomic mass is 32.1. The smallest absolute Gasteiger partial charge is 0.258 e. The molecule has 158 valence electrons. The minimum absolute atomic E-state index is 0.180. The Labute approximate surface area is 191 Å². The summed E-state index contributed by atoms with van der Waals surface area (Å²) in [5, 5.41) is 4.43. The number of hydrogen-bond acceptors (Lipinski definition) is 4. The number of para-hydroxylation sites is 2. The molecule has 0 spiro atoms. The number of hydrogen-bond donors (Lipinski definition) is 1. The molecule has 0 bridgehead atoms. The summed E-state index contributed by atoms with van der Waals surface area (Å²) < 4.78 is 1.06. The number of nitrogens with zero attached hydrogens (tertiary/aromatic N) is 2. The highest BCUT2D eigenvalue weighted by Crippen LogP contribution is 2.30. The van der Waals surface area contributed by atoms with Crippen LogP contribution in [0.5, 0.6) is 0 Å². The first-order valence-corrected chi connectivity index (χ1v) is 11.5. The Bertz CT molecular complexity index is 1450. The molecule has 3 aromatic carbocycles. The van der Waals surface area contributed by atoms with E-state index in [0.717, 1.165) is 37.9 Å². The Morgan fingerprint density at radius 2 is 1.72 bits per heavy atom. The van der Waals surface area contributed by atoms with Crippen LogP contribution in [-0.2, 0) is 0 Å². The van der Waals surface area contributed by atoms with E-state index in [-0.39, 0.29) is 5.91 Å². The van der Waals surface area contributed by atoms with Crippen LogP contribution in [0, 0.1) is 6.92 Å². The molecule has 5 rings (SSSR count). The zero-order valence-electron chi connectivity index (χ0n) is 18.2. The molecule has 0 unspecified atom stereocenters. The summed E-state index contributed by atoms with van der Waals surface area (Å²) >= 11 is 1.49. The monoisotopic (exact) mass is 437 g/mol. The topological polar surface area (TPSA) is 54.9 Å². The second-order valence-corrected chi connectivity index (χ2v) is 9.27. The van der Waals surface area contributed by atoms with Gasteiger partial charge in [-0.15, -0.1) is 0 Å². The van der Waals surface area contributed by atoms with Crippen LogP contribution in [0.3, 0.4) is 0 Å². The normalized spacial score (nSPS) is 11.4. The van der Waals surface area contributed by atoms with Gasteiger partial charge in [0.2, 0.25) is 0 Å². The molecule has 0 aliphatic heterocycles. The van der Waals surface area contributed by atoms with E-state index in [1.807, 2.05) is 55.5 Å². The number of carbonyl (C=O) groups excluding carboxylic acids is 1. The van der Waals surface area contributed by atoms with E-state index in [4.69, 9.17) is 4.98 Å². The molecule has 0 fully saturated rings. The molecule has 1 amide bonds. The summed E-state index contributed by atoms with van der Waals surface area (Å²) in [6, 6.07) is 24.1. The lowest BCUT2D eigenvalue weighted by atomic mass is 9.99. The van der Waals surface area contributed by atoms with Crippen molar-refractivity contribution < 1.29 is 4.79 Å². The molecule has 4 nitrogen and oxygen atoms in total. The molecule has 0 saturated carbocycles. The Kier molecular flexibility index (Phi) is 5.19. The number of nitrogens with one attached hydrogen (secondary N) is 1. The number of aromatic nitrogens is 2. The predicted molar refractivity (Wildman–Crippen MR) is 134 cm³/mol. The van der Waals surface area contributed by atoms with Crippen molar-refractivity contribution in [3.05, 3.63) is 89.5 Å². The molecule has 5 aromatic rings. The molecule has 0 atom stereocenters. The van der Waals surface area contributed by atoms with E-state index >= 15 is 0 Å². The van der Waals surface area contributed by atoms with Gasteiger partial charge in [0, 0.05) is 10.9 Å². The van der Waals surface area contributed by atoms with Gasteiger partial charge in [0.15, 0.2) is 5.13 Å². The quantitative estimate of drug-likeness (QED) is 0.323. The van der Waals surface area contributed by atoms with Gasteiger partial charge in [-0.2, -0.15) is 0 Å². The number of fused-ring (bicyclic) bond motifs is 2. The van der Waals surface area contributed by atoms with Crippen molar-refractivity contribution in [2.75, 3.05) is 5.32 Å². The van der Waals surface area contributed by atoms with Crippen LogP contribution >= 0.6 is 11.3 Å². The Morgan fingerprint density at radius 3 is 2.47 bits per heavy atom. The lowest BCUT2D eigenvalue weighted by Crippen LogP contribution is -2.13. The maximum absolute atomic E-state index is 13.3. The van der Waals surface area contributed by atoms with Gasteiger partial charge in [-0.25, -0.2) is 9.97 Å². The van der Waals surface area contributed by atoms with Crippen LogP contribution in [0.4, 0.5) is 5.13 Å². The second-order valence-electron chi connectivity index (χ2n) is 8.24. The Hall–Kier alpha value is -3.57. The van der Waals surface area contributed by atoms with Gasteiger partial charge < -0.3 is 0 Å². The molecule has 1 N–H and O–H groups in total. The van der Waals surface area contributed by atoms with Crippen molar-refractivity contribution in [2.24, 2.45) is 0 Å². The van der Waals surface area contributed by atoms with Gasteiger partial charge in [-0.3, -0.25) is 10.1 Å². The van der Waals surface area contributed by atoms with E-state index in [2.05, 4.69) is 48.4 Å². The van der Waals surface area contributed by atoms with Crippen molar-refractivity contribution in [1.29, 1.82) is 0 Å².